The maximum atomic E-state index is 12.7. The zero-order chi connectivity index (χ0) is 19.2. The number of carbonyl (C=O) groups excluding carboxylic acids is 2. The van der Waals surface area contributed by atoms with Crippen LogP contribution in [0.1, 0.15) is 39.5 Å². The first kappa shape index (κ1) is 20.4. The molecule has 1 aromatic carbocycles. The average Bonchev–Trinajstić information content (AvgIpc) is 2.61. The lowest BCUT2D eigenvalue weighted by molar-refractivity contribution is -0.125. The molecule has 0 atom stereocenters. The molecule has 2 rings (SSSR count). The number of nitrogens with one attached hydrogen (secondary N) is 1. The van der Waals surface area contributed by atoms with Crippen LogP contribution in [0.15, 0.2) is 29.2 Å². The van der Waals surface area contributed by atoms with Gasteiger partial charge in [0.1, 0.15) is 11.5 Å². The fourth-order valence-electron chi connectivity index (χ4n) is 2.85. The van der Waals surface area contributed by atoms with Gasteiger partial charge in [-0.25, -0.2) is 8.42 Å². The Morgan fingerprint density at radius 2 is 1.77 bits per heavy atom. The van der Waals surface area contributed by atoms with Gasteiger partial charge in [-0.15, -0.1) is 0 Å². The van der Waals surface area contributed by atoms with Gasteiger partial charge in [-0.05, 0) is 51.0 Å². The Kier molecular flexibility index (Phi) is 7.16. The molecule has 7 nitrogen and oxygen atoms in total. The molecule has 1 aliphatic rings. The molecule has 8 heteroatoms. The van der Waals surface area contributed by atoms with Gasteiger partial charge in [-0.3, -0.25) is 4.79 Å². The maximum Gasteiger partial charge on any atom is 0.243 e. The van der Waals surface area contributed by atoms with E-state index in [9.17, 15) is 18.0 Å². The third kappa shape index (κ3) is 5.54. The molecule has 26 heavy (non-hydrogen) atoms. The van der Waals surface area contributed by atoms with Crippen LogP contribution in [0.3, 0.4) is 0 Å². The zero-order valence-corrected chi connectivity index (χ0v) is 16.0. The number of sulfonamides is 1. The minimum Gasteiger partial charge on any atom is -0.494 e. The molecular formula is C18H26N2O5S. The largest absolute Gasteiger partial charge is 0.494 e. The lowest BCUT2D eigenvalue weighted by Gasteiger charge is -2.31. The van der Waals surface area contributed by atoms with Crippen molar-refractivity contribution in [3.05, 3.63) is 24.3 Å². The molecule has 0 unspecified atom stereocenters. The van der Waals surface area contributed by atoms with Crippen molar-refractivity contribution in [3.8, 4) is 5.75 Å². The van der Waals surface area contributed by atoms with E-state index in [2.05, 4.69) is 5.32 Å². The first-order valence-electron chi connectivity index (χ1n) is 8.84. The second-order valence-corrected chi connectivity index (χ2v) is 8.29. The van der Waals surface area contributed by atoms with E-state index in [4.69, 9.17) is 4.74 Å². The standard InChI is InChI=1S/C18H26N2O5S/c1-3-25-16-5-7-17(8-6-16)26(23,24)20-12-10-15(11-13-20)19-18(22)9-4-14(2)21/h5-8,15H,3-4,9-13H2,1-2H3,(H,19,22). The van der Waals surface area contributed by atoms with Gasteiger partial charge in [0.25, 0.3) is 0 Å². The smallest absolute Gasteiger partial charge is 0.243 e. The van der Waals surface area contributed by atoms with Crippen LogP contribution in [0.25, 0.3) is 0 Å². The highest BCUT2D eigenvalue weighted by atomic mass is 32.2. The summed E-state index contributed by atoms with van der Waals surface area (Å²) >= 11 is 0. The van der Waals surface area contributed by atoms with Gasteiger partial charge in [0.15, 0.2) is 0 Å². The number of amides is 1. The molecule has 1 fully saturated rings. The fourth-order valence-corrected chi connectivity index (χ4v) is 4.32. The van der Waals surface area contributed by atoms with Crippen molar-refractivity contribution >= 4 is 21.7 Å². The van der Waals surface area contributed by atoms with Crippen molar-refractivity contribution in [1.29, 1.82) is 0 Å². The number of piperidine rings is 1. The SMILES string of the molecule is CCOc1ccc(S(=O)(=O)N2CCC(NC(=O)CCC(C)=O)CC2)cc1. The van der Waals surface area contributed by atoms with Gasteiger partial charge in [-0.2, -0.15) is 4.31 Å². The van der Waals surface area contributed by atoms with Crippen LogP contribution in [-0.2, 0) is 19.6 Å². The molecule has 0 bridgehead atoms. The Hall–Kier alpha value is -1.93. The molecule has 1 N–H and O–H groups in total. The predicted molar refractivity (Wildman–Crippen MR) is 97.4 cm³/mol. The monoisotopic (exact) mass is 382 g/mol. The number of nitrogens with zero attached hydrogens (tertiary/aromatic N) is 1. The van der Waals surface area contributed by atoms with Crippen LogP contribution in [0.4, 0.5) is 0 Å². The third-order valence-electron chi connectivity index (χ3n) is 4.30. The zero-order valence-electron chi connectivity index (χ0n) is 15.2. The highest BCUT2D eigenvalue weighted by Crippen LogP contribution is 2.23. The summed E-state index contributed by atoms with van der Waals surface area (Å²) in [6.45, 7) is 4.56. The van der Waals surface area contributed by atoms with Gasteiger partial charge in [0.2, 0.25) is 15.9 Å². The number of hydrogen-bond acceptors (Lipinski definition) is 5. The Labute approximate surface area is 154 Å². The van der Waals surface area contributed by atoms with Crippen LogP contribution < -0.4 is 10.1 Å². The summed E-state index contributed by atoms with van der Waals surface area (Å²) < 4.78 is 32.2. The van der Waals surface area contributed by atoms with E-state index in [0.29, 0.717) is 38.3 Å². The molecule has 1 aliphatic heterocycles. The van der Waals surface area contributed by atoms with Crippen molar-refractivity contribution < 1.29 is 22.7 Å². The molecular weight excluding hydrogens is 356 g/mol. The number of hydrogen-bond donors (Lipinski definition) is 1. The molecule has 1 saturated heterocycles. The second kappa shape index (κ2) is 9.14. The van der Waals surface area contributed by atoms with Gasteiger partial charge in [0.05, 0.1) is 11.5 Å². The number of ether oxygens (including phenoxy) is 1. The van der Waals surface area contributed by atoms with E-state index < -0.39 is 10.0 Å². The van der Waals surface area contributed by atoms with Crippen molar-refractivity contribution in [2.45, 2.75) is 50.5 Å². The normalized spacial score (nSPS) is 16.2. The van der Waals surface area contributed by atoms with Gasteiger partial charge < -0.3 is 14.8 Å². The Morgan fingerprint density at radius 3 is 2.31 bits per heavy atom. The van der Waals surface area contributed by atoms with E-state index in [1.54, 1.807) is 24.3 Å². The topological polar surface area (TPSA) is 92.8 Å². The Bertz CT molecular complexity index is 722. The van der Waals surface area contributed by atoms with E-state index in [1.165, 1.54) is 11.2 Å². The molecule has 0 saturated carbocycles. The minimum absolute atomic E-state index is 0.0172. The van der Waals surface area contributed by atoms with Crippen LogP contribution in [0, 0.1) is 0 Å². The van der Waals surface area contributed by atoms with E-state index in [-0.39, 0.29) is 35.5 Å². The average molecular weight is 382 g/mol. The van der Waals surface area contributed by atoms with Crippen molar-refractivity contribution in [2.24, 2.45) is 0 Å². The lowest BCUT2D eigenvalue weighted by atomic mass is 10.1. The van der Waals surface area contributed by atoms with E-state index in [1.807, 2.05) is 6.92 Å². The van der Waals surface area contributed by atoms with E-state index in [0.717, 1.165) is 0 Å². The molecule has 0 aliphatic carbocycles. The first-order valence-corrected chi connectivity index (χ1v) is 10.3. The molecule has 0 spiro atoms. The van der Waals surface area contributed by atoms with Gasteiger partial charge >= 0.3 is 0 Å². The Balaban J connectivity index is 1.89. The lowest BCUT2D eigenvalue weighted by Crippen LogP contribution is -2.46. The highest BCUT2D eigenvalue weighted by molar-refractivity contribution is 7.89. The van der Waals surface area contributed by atoms with Crippen molar-refractivity contribution in [2.75, 3.05) is 19.7 Å². The molecule has 1 heterocycles. The molecule has 0 radical (unpaired) electrons. The molecule has 0 aromatic heterocycles. The van der Waals surface area contributed by atoms with Gasteiger partial charge in [0, 0.05) is 32.0 Å². The summed E-state index contributed by atoms with van der Waals surface area (Å²) in [6.07, 6.45) is 1.53. The van der Waals surface area contributed by atoms with Crippen LogP contribution >= 0.6 is 0 Å². The summed E-state index contributed by atoms with van der Waals surface area (Å²) in [5, 5.41) is 2.88. The summed E-state index contributed by atoms with van der Waals surface area (Å²) in [6, 6.07) is 6.35. The minimum atomic E-state index is -3.55. The second-order valence-electron chi connectivity index (χ2n) is 6.35. The number of Topliss-reactive ketones (excluding diaryl/α,β-unsaturated/α-hetero) is 1. The first-order chi connectivity index (χ1) is 12.3. The predicted octanol–water partition coefficient (Wildman–Crippen LogP) is 1.72. The number of rotatable bonds is 8. The summed E-state index contributed by atoms with van der Waals surface area (Å²) in [4.78, 5) is 23.0. The molecule has 1 aromatic rings. The number of ketones is 1. The Morgan fingerprint density at radius 1 is 1.15 bits per heavy atom. The number of carbonyl (C=O) groups is 2. The summed E-state index contributed by atoms with van der Waals surface area (Å²) in [7, 11) is -3.55. The number of benzene rings is 1. The summed E-state index contributed by atoms with van der Waals surface area (Å²) in [5.41, 5.74) is 0. The van der Waals surface area contributed by atoms with Crippen LogP contribution in [0.5, 0.6) is 5.75 Å². The maximum absolute atomic E-state index is 12.7. The molecule has 144 valence electrons. The van der Waals surface area contributed by atoms with Crippen LogP contribution in [-0.4, -0.2) is 50.2 Å². The van der Waals surface area contributed by atoms with Gasteiger partial charge in [-0.1, -0.05) is 0 Å². The van der Waals surface area contributed by atoms with Crippen LogP contribution in [0.2, 0.25) is 0 Å². The quantitative estimate of drug-likeness (QED) is 0.739. The third-order valence-corrected chi connectivity index (χ3v) is 6.21. The fraction of sp³-hybridized carbons (Fsp3) is 0.556. The van der Waals surface area contributed by atoms with Crippen molar-refractivity contribution in [3.63, 3.8) is 0 Å². The van der Waals surface area contributed by atoms with E-state index >= 15 is 0 Å². The highest BCUT2D eigenvalue weighted by Gasteiger charge is 2.29. The van der Waals surface area contributed by atoms with Crippen molar-refractivity contribution in [1.82, 2.24) is 9.62 Å². The molecule has 1 amide bonds. The summed E-state index contributed by atoms with van der Waals surface area (Å²) in [5.74, 6) is 0.461.